The number of terminal acetylenes is 1. The van der Waals surface area contributed by atoms with Crippen molar-refractivity contribution in [3.05, 3.63) is 0 Å². The molecule has 1 nitrogen and oxygen atoms in total. The Morgan fingerprint density at radius 3 is 2.91 bits per heavy atom. The van der Waals surface area contributed by atoms with Gasteiger partial charge >= 0.3 is 0 Å². The molecule has 0 saturated carbocycles. The van der Waals surface area contributed by atoms with Gasteiger partial charge in [0.15, 0.2) is 0 Å². The van der Waals surface area contributed by atoms with Gasteiger partial charge in [-0.2, -0.15) is 0 Å². The van der Waals surface area contributed by atoms with Crippen LogP contribution in [0.1, 0.15) is 26.7 Å². The standard InChI is InChI=1S/C10H17N/c1-4-10-6-5-7-11(10)8-9(2)3/h1,9-10H,5-8H2,2-3H3. The third-order valence-corrected chi connectivity index (χ3v) is 2.16. The predicted molar refractivity (Wildman–Crippen MR) is 48.3 cm³/mol. The molecule has 0 aliphatic carbocycles. The topological polar surface area (TPSA) is 3.24 Å². The van der Waals surface area contributed by atoms with Gasteiger partial charge in [0.1, 0.15) is 0 Å². The second kappa shape index (κ2) is 3.78. The van der Waals surface area contributed by atoms with Crippen LogP contribution in [0, 0.1) is 18.3 Å². The smallest absolute Gasteiger partial charge is 0.0712 e. The lowest BCUT2D eigenvalue weighted by atomic mass is 10.2. The molecule has 11 heavy (non-hydrogen) atoms. The molecular weight excluding hydrogens is 134 g/mol. The van der Waals surface area contributed by atoms with E-state index in [9.17, 15) is 0 Å². The molecule has 1 aliphatic heterocycles. The third-order valence-electron chi connectivity index (χ3n) is 2.16. The van der Waals surface area contributed by atoms with Crippen molar-refractivity contribution in [3.63, 3.8) is 0 Å². The first-order valence-electron chi connectivity index (χ1n) is 4.44. The molecule has 0 aromatic heterocycles. The lowest BCUT2D eigenvalue weighted by molar-refractivity contribution is 0.263. The highest BCUT2D eigenvalue weighted by Crippen LogP contribution is 2.17. The molecule has 0 bridgehead atoms. The van der Waals surface area contributed by atoms with E-state index in [1.54, 1.807) is 0 Å². The SMILES string of the molecule is C#CC1CCCN1CC(C)C. The first-order chi connectivity index (χ1) is 5.24. The number of likely N-dealkylation sites (tertiary alicyclic amines) is 1. The van der Waals surface area contributed by atoms with E-state index in [1.807, 2.05) is 0 Å². The van der Waals surface area contributed by atoms with Gasteiger partial charge in [0.25, 0.3) is 0 Å². The highest BCUT2D eigenvalue weighted by atomic mass is 15.2. The van der Waals surface area contributed by atoms with E-state index in [4.69, 9.17) is 6.42 Å². The molecule has 1 saturated heterocycles. The Balaban J connectivity index is 2.39. The molecule has 0 aromatic rings. The summed E-state index contributed by atoms with van der Waals surface area (Å²) in [5.41, 5.74) is 0. The van der Waals surface area contributed by atoms with Gasteiger partial charge in [0.05, 0.1) is 6.04 Å². The van der Waals surface area contributed by atoms with Gasteiger partial charge in [0, 0.05) is 6.54 Å². The molecule has 1 atom stereocenters. The molecule has 1 rings (SSSR count). The normalized spacial score (nSPS) is 25.8. The Morgan fingerprint density at radius 2 is 2.36 bits per heavy atom. The molecular formula is C10H17N. The van der Waals surface area contributed by atoms with Crippen LogP contribution >= 0.6 is 0 Å². The Morgan fingerprint density at radius 1 is 1.64 bits per heavy atom. The number of hydrogen-bond acceptors (Lipinski definition) is 1. The zero-order valence-electron chi connectivity index (χ0n) is 7.51. The van der Waals surface area contributed by atoms with Crippen LogP contribution in [0.3, 0.4) is 0 Å². The highest BCUT2D eigenvalue weighted by Gasteiger charge is 2.22. The third kappa shape index (κ3) is 2.24. The summed E-state index contributed by atoms with van der Waals surface area (Å²) in [4.78, 5) is 2.42. The fraction of sp³-hybridized carbons (Fsp3) is 0.800. The molecule has 0 amide bonds. The average molecular weight is 151 g/mol. The lowest BCUT2D eigenvalue weighted by Gasteiger charge is -2.21. The maximum absolute atomic E-state index is 5.41. The van der Waals surface area contributed by atoms with Crippen molar-refractivity contribution in [2.75, 3.05) is 13.1 Å². The van der Waals surface area contributed by atoms with Crippen LogP contribution < -0.4 is 0 Å². The van der Waals surface area contributed by atoms with Crippen LogP contribution in [-0.2, 0) is 0 Å². The molecule has 0 N–H and O–H groups in total. The summed E-state index contributed by atoms with van der Waals surface area (Å²) in [6, 6.07) is 0.428. The van der Waals surface area contributed by atoms with E-state index in [1.165, 1.54) is 19.4 Å². The van der Waals surface area contributed by atoms with Gasteiger partial charge in [-0.3, -0.25) is 4.90 Å². The summed E-state index contributed by atoms with van der Waals surface area (Å²) in [5, 5.41) is 0. The van der Waals surface area contributed by atoms with Crippen LogP contribution in [0.2, 0.25) is 0 Å². The highest BCUT2D eigenvalue weighted by molar-refractivity contribution is 5.02. The number of nitrogens with zero attached hydrogens (tertiary/aromatic N) is 1. The van der Waals surface area contributed by atoms with E-state index < -0.39 is 0 Å². The molecule has 1 unspecified atom stereocenters. The minimum absolute atomic E-state index is 0.428. The van der Waals surface area contributed by atoms with Gasteiger partial charge in [-0.1, -0.05) is 19.8 Å². The van der Waals surface area contributed by atoms with Crippen LogP contribution in [0.25, 0.3) is 0 Å². The monoisotopic (exact) mass is 151 g/mol. The van der Waals surface area contributed by atoms with E-state index >= 15 is 0 Å². The first kappa shape index (κ1) is 8.62. The van der Waals surface area contributed by atoms with E-state index in [-0.39, 0.29) is 0 Å². The van der Waals surface area contributed by atoms with Gasteiger partial charge in [-0.25, -0.2) is 0 Å². The van der Waals surface area contributed by atoms with Crippen molar-refractivity contribution in [2.45, 2.75) is 32.7 Å². The summed E-state index contributed by atoms with van der Waals surface area (Å²) in [5.74, 6) is 3.59. The predicted octanol–water partition coefficient (Wildman–Crippen LogP) is 1.74. The van der Waals surface area contributed by atoms with Gasteiger partial charge in [0.2, 0.25) is 0 Å². The summed E-state index contributed by atoms with van der Waals surface area (Å²) in [6.45, 7) is 6.85. The van der Waals surface area contributed by atoms with Crippen molar-refractivity contribution in [1.82, 2.24) is 4.90 Å². The zero-order valence-corrected chi connectivity index (χ0v) is 7.51. The number of hydrogen-bond donors (Lipinski definition) is 0. The maximum Gasteiger partial charge on any atom is 0.0712 e. The fourth-order valence-corrected chi connectivity index (χ4v) is 1.70. The molecule has 0 spiro atoms. The van der Waals surface area contributed by atoms with Gasteiger partial charge in [-0.15, -0.1) is 6.42 Å². The van der Waals surface area contributed by atoms with Gasteiger partial charge in [-0.05, 0) is 25.3 Å². The Labute approximate surface area is 69.8 Å². The minimum atomic E-state index is 0.428. The molecule has 0 radical (unpaired) electrons. The second-order valence-electron chi connectivity index (χ2n) is 3.71. The molecule has 1 aliphatic rings. The fourth-order valence-electron chi connectivity index (χ4n) is 1.70. The van der Waals surface area contributed by atoms with Crippen molar-refractivity contribution in [3.8, 4) is 12.3 Å². The van der Waals surface area contributed by atoms with Crippen molar-refractivity contribution in [2.24, 2.45) is 5.92 Å². The maximum atomic E-state index is 5.41. The van der Waals surface area contributed by atoms with Crippen LogP contribution in [0.5, 0.6) is 0 Å². The first-order valence-corrected chi connectivity index (χ1v) is 4.44. The second-order valence-corrected chi connectivity index (χ2v) is 3.71. The van der Waals surface area contributed by atoms with Crippen molar-refractivity contribution < 1.29 is 0 Å². The molecule has 1 heteroatoms. The van der Waals surface area contributed by atoms with Crippen LogP contribution in [0.4, 0.5) is 0 Å². The van der Waals surface area contributed by atoms with Crippen LogP contribution in [-0.4, -0.2) is 24.0 Å². The molecule has 1 heterocycles. The quantitative estimate of drug-likeness (QED) is 0.543. The summed E-state index contributed by atoms with van der Waals surface area (Å²) < 4.78 is 0. The van der Waals surface area contributed by atoms with Crippen molar-refractivity contribution >= 4 is 0 Å². The largest absolute Gasteiger partial charge is 0.290 e. The Bertz CT molecular complexity index is 155. The molecule has 1 fully saturated rings. The Hall–Kier alpha value is -0.480. The summed E-state index contributed by atoms with van der Waals surface area (Å²) in [7, 11) is 0. The average Bonchev–Trinajstić information content (AvgIpc) is 2.34. The summed E-state index contributed by atoms with van der Waals surface area (Å²) >= 11 is 0. The minimum Gasteiger partial charge on any atom is -0.290 e. The van der Waals surface area contributed by atoms with Crippen molar-refractivity contribution in [1.29, 1.82) is 0 Å². The lowest BCUT2D eigenvalue weighted by Crippen LogP contribution is -2.31. The summed E-state index contributed by atoms with van der Waals surface area (Å²) in [6.07, 6.45) is 7.89. The van der Waals surface area contributed by atoms with Crippen LogP contribution in [0.15, 0.2) is 0 Å². The molecule has 62 valence electrons. The van der Waals surface area contributed by atoms with E-state index in [2.05, 4.69) is 24.7 Å². The Kier molecular flexibility index (Phi) is 2.96. The van der Waals surface area contributed by atoms with E-state index in [0.717, 1.165) is 12.5 Å². The molecule has 0 aromatic carbocycles. The van der Waals surface area contributed by atoms with Gasteiger partial charge < -0.3 is 0 Å². The number of rotatable bonds is 2. The zero-order chi connectivity index (χ0) is 8.27. The van der Waals surface area contributed by atoms with E-state index in [0.29, 0.717) is 6.04 Å².